The third kappa shape index (κ3) is 12.9. The van der Waals surface area contributed by atoms with Crippen molar-refractivity contribution in [3.63, 3.8) is 0 Å². The summed E-state index contributed by atoms with van der Waals surface area (Å²) in [7, 11) is 0. The van der Waals surface area contributed by atoms with E-state index in [-0.39, 0.29) is 0 Å². The Labute approximate surface area is 680 Å². The van der Waals surface area contributed by atoms with Crippen LogP contribution in [0.3, 0.4) is 0 Å². The molecule has 0 bridgehead atoms. The van der Waals surface area contributed by atoms with E-state index in [1.807, 2.05) is 30.6 Å². The molecule has 0 spiro atoms. The van der Waals surface area contributed by atoms with Gasteiger partial charge in [-0.15, -0.1) is 0 Å². The molecule has 8 aromatic heterocycles. The van der Waals surface area contributed by atoms with Gasteiger partial charge in [0, 0.05) is 88.9 Å². The second-order valence-corrected chi connectivity index (χ2v) is 30.1. The molecule has 0 amide bonds. The fourth-order valence-electron chi connectivity index (χ4n) is 16.9. The van der Waals surface area contributed by atoms with Gasteiger partial charge in [-0.1, -0.05) is 297 Å². The summed E-state index contributed by atoms with van der Waals surface area (Å²) in [5.41, 5.74) is 31.3. The van der Waals surface area contributed by atoms with Crippen molar-refractivity contribution in [1.82, 2.24) is 39.9 Å². The summed E-state index contributed by atoms with van der Waals surface area (Å²) in [5, 5.41) is 13.3. The lowest BCUT2D eigenvalue weighted by Crippen LogP contribution is -1.92. The van der Waals surface area contributed by atoms with Gasteiger partial charge in [0.1, 0.15) is 0 Å². The van der Waals surface area contributed by atoms with E-state index >= 15 is 0 Å². The van der Waals surface area contributed by atoms with Crippen molar-refractivity contribution in [2.24, 2.45) is 0 Å². The van der Waals surface area contributed by atoms with Crippen LogP contribution in [0.5, 0.6) is 0 Å². The average molecular weight is 1500 g/mol. The Morgan fingerprint density at radius 1 is 0.136 bits per heavy atom. The highest BCUT2D eigenvalue weighted by molar-refractivity contribution is 6.10. The molecule has 118 heavy (non-hydrogen) atoms. The van der Waals surface area contributed by atoms with Gasteiger partial charge in [-0.05, 0) is 180 Å². The van der Waals surface area contributed by atoms with Crippen LogP contribution in [0.4, 0.5) is 0 Å². The number of aromatic nitrogens is 8. The lowest BCUT2D eigenvalue weighted by Gasteiger charge is -2.13. The minimum Gasteiger partial charge on any atom is -0.254 e. The van der Waals surface area contributed by atoms with Crippen molar-refractivity contribution in [3.8, 4) is 123 Å². The zero-order valence-corrected chi connectivity index (χ0v) is 63.8. The molecular formula is C110H68N8. The first-order valence-corrected chi connectivity index (χ1v) is 39.8. The lowest BCUT2D eigenvalue weighted by atomic mass is 9.94. The smallest absolute Gasteiger partial charge is 0.0972 e. The van der Waals surface area contributed by atoms with Crippen LogP contribution in [-0.4, -0.2) is 39.9 Å². The van der Waals surface area contributed by atoms with E-state index in [4.69, 9.17) is 29.9 Å². The number of rotatable bonds is 11. The van der Waals surface area contributed by atoms with Crippen LogP contribution in [0.15, 0.2) is 413 Å². The topological polar surface area (TPSA) is 103 Å². The quantitative estimate of drug-likeness (QED) is 0.118. The predicted molar refractivity (Wildman–Crippen MR) is 490 cm³/mol. The number of pyridine rings is 8. The van der Waals surface area contributed by atoms with Gasteiger partial charge in [0.15, 0.2) is 0 Å². The monoisotopic (exact) mass is 1500 g/mol. The second-order valence-electron chi connectivity index (χ2n) is 30.1. The number of fused-ring (bicyclic) bond motifs is 12. The second kappa shape index (κ2) is 29.3. The minimum atomic E-state index is 0.913. The third-order valence-electron chi connectivity index (χ3n) is 23.0. The molecule has 0 unspecified atom stereocenters. The van der Waals surface area contributed by atoms with Gasteiger partial charge in [-0.25, -0.2) is 29.9 Å². The highest BCUT2D eigenvalue weighted by atomic mass is 14.8. The summed E-state index contributed by atoms with van der Waals surface area (Å²) in [5.74, 6) is 0. The van der Waals surface area contributed by atoms with Gasteiger partial charge in [-0.2, -0.15) is 0 Å². The molecular weight excluding hydrogens is 1430 g/mol. The zero-order valence-electron chi connectivity index (χ0n) is 63.8. The van der Waals surface area contributed by atoms with E-state index in [0.29, 0.717) is 0 Å². The van der Waals surface area contributed by atoms with E-state index in [2.05, 4.69) is 392 Å². The van der Waals surface area contributed by atoms with Crippen molar-refractivity contribution in [3.05, 3.63) is 413 Å². The van der Waals surface area contributed by atoms with E-state index in [1.165, 1.54) is 33.4 Å². The fraction of sp³-hybridized carbons (Fsp3) is 0. The summed E-state index contributed by atoms with van der Waals surface area (Å²) >= 11 is 0. The molecule has 8 heterocycles. The molecule has 23 rings (SSSR count). The van der Waals surface area contributed by atoms with E-state index in [0.717, 1.165) is 199 Å². The molecule has 0 aliphatic carbocycles. The fourth-order valence-corrected chi connectivity index (χ4v) is 16.9. The van der Waals surface area contributed by atoms with Crippen LogP contribution < -0.4 is 0 Å². The number of hydrogen-bond acceptors (Lipinski definition) is 8. The van der Waals surface area contributed by atoms with Crippen LogP contribution in [-0.2, 0) is 0 Å². The van der Waals surface area contributed by atoms with Gasteiger partial charge in [0.05, 0.1) is 78.3 Å². The Kier molecular flexibility index (Phi) is 17.1. The van der Waals surface area contributed by atoms with Gasteiger partial charge in [0.25, 0.3) is 0 Å². The maximum Gasteiger partial charge on any atom is 0.0972 e. The molecule has 8 nitrogen and oxygen atoms in total. The maximum atomic E-state index is 5.29. The Bertz CT molecular complexity index is 7870. The number of hydrogen-bond donors (Lipinski definition) is 0. The van der Waals surface area contributed by atoms with Gasteiger partial charge in [0.2, 0.25) is 0 Å². The van der Waals surface area contributed by atoms with E-state index < -0.39 is 0 Å². The summed E-state index contributed by atoms with van der Waals surface area (Å²) in [6.45, 7) is 0. The zero-order chi connectivity index (χ0) is 78.0. The molecule has 0 N–H and O–H groups in total. The minimum absolute atomic E-state index is 0.913. The van der Waals surface area contributed by atoms with Crippen LogP contribution in [0, 0.1) is 0 Å². The molecule has 548 valence electrons. The average Bonchev–Trinajstić information content (AvgIpc) is 0.757. The molecule has 0 atom stereocenters. The van der Waals surface area contributed by atoms with Crippen LogP contribution in [0.1, 0.15) is 0 Å². The Morgan fingerprint density at radius 3 is 0.856 bits per heavy atom. The van der Waals surface area contributed by atoms with Crippen LogP contribution >= 0.6 is 0 Å². The maximum absolute atomic E-state index is 5.29. The van der Waals surface area contributed by atoms with Crippen molar-refractivity contribution >= 4 is 109 Å². The first-order valence-electron chi connectivity index (χ1n) is 39.8. The molecule has 8 heteroatoms. The Hall–Kier alpha value is -15.9. The van der Waals surface area contributed by atoms with Crippen LogP contribution in [0.2, 0.25) is 0 Å². The molecule has 0 radical (unpaired) electrons. The highest BCUT2D eigenvalue weighted by Gasteiger charge is 2.19. The normalized spacial score (nSPS) is 11.6. The van der Waals surface area contributed by atoms with Gasteiger partial charge in [-0.3, -0.25) is 9.97 Å². The number of benzene rings is 15. The summed E-state index contributed by atoms with van der Waals surface area (Å²) in [6.07, 6.45) is 3.67. The molecule has 0 aliphatic heterocycles. The first-order chi connectivity index (χ1) is 58.4. The molecule has 23 aromatic rings. The largest absolute Gasteiger partial charge is 0.254 e. The molecule has 0 aliphatic rings. The third-order valence-corrected chi connectivity index (χ3v) is 23.0. The molecule has 15 aromatic carbocycles. The predicted octanol–water partition coefficient (Wildman–Crippen LogP) is 28.4. The lowest BCUT2D eigenvalue weighted by molar-refractivity contribution is 1.37. The summed E-state index contributed by atoms with van der Waals surface area (Å²) in [4.78, 5) is 40.5. The van der Waals surface area contributed by atoms with Gasteiger partial charge < -0.3 is 0 Å². The van der Waals surface area contributed by atoms with Crippen LogP contribution in [0.25, 0.3) is 232 Å². The number of nitrogens with zero attached hydrogens (tertiary/aromatic N) is 8. The summed E-state index contributed by atoms with van der Waals surface area (Å²) < 4.78 is 0. The Balaban J connectivity index is 0.000000143. The first kappa shape index (κ1) is 68.9. The molecule has 0 saturated carbocycles. The highest BCUT2D eigenvalue weighted by Crippen LogP contribution is 2.42. The van der Waals surface area contributed by atoms with Crippen molar-refractivity contribution in [1.29, 1.82) is 0 Å². The van der Waals surface area contributed by atoms with Gasteiger partial charge >= 0.3 is 0 Å². The molecule has 0 fully saturated rings. The standard InChI is InChI=1S/C58H36N4.C52H32N4/c1-3-10-37(11-4-1)45-33-46(38-12-5-2-6-13-38)35-47(34-45)53-28-24-44-32-42(23-27-52(44)60-53)43-20-17-39-21-29-54(61-56(39)36-43)50-25-26-51(49-16-8-7-15-48(49)50)55-30-22-41-19-18-40-14-9-31-59-57(40)58(41)62-55;1-2-7-33(8-3-1)34-12-14-35(15-13-34)46-27-23-41-31-39(22-26-47(41)54-46)40-19-16-36-20-28-48(55-50(36)32-40)44-24-25-45(43-11-5-4-10-42(43)44)49-29-21-38-18-17-37-9-6-30-53-51(37)52(38)56-49/h1-36H;1-32H. The van der Waals surface area contributed by atoms with E-state index in [9.17, 15) is 0 Å². The SMILES string of the molecule is c1ccc(-c2cc(-c3ccccc3)cc(-c3ccc4cc(-c5ccc6ccc(-c7ccc(-c8ccc9ccc%10cccnc%10c9n8)c8ccccc78)nc6c5)ccc4n3)c2)cc1.c1ccc(-c2ccc(-c3ccc4cc(-c5ccc6ccc(-c7ccc(-c8ccc9ccc%10cccnc%10c9n8)c8ccccc78)nc6c5)ccc4n3)cc2)cc1. The van der Waals surface area contributed by atoms with Crippen molar-refractivity contribution in [2.75, 3.05) is 0 Å². The summed E-state index contributed by atoms with van der Waals surface area (Å²) in [6, 6.07) is 141. The molecule has 0 saturated heterocycles. The van der Waals surface area contributed by atoms with Crippen molar-refractivity contribution in [2.45, 2.75) is 0 Å². The van der Waals surface area contributed by atoms with Crippen molar-refractivity contribution < 1.29 is 0 Å². The Morgan fingerprint density at radius 2 is 0.424 bits per heavy atom. The van der Waals surface area contributed by atoms with E-state index in [1.54, 1.807) is 0 Å².